The summed E-state index contributed by atoms with van der Waals surface area (Å²) < 4.78 is 5.51. The molecular weight excluding hydrogens is 174 g/mol. The highest BCUT2D eigenvalue weighted by molar-refractivity contribution is 5.84. The van der Waals surface area contributed by atoms with E-state index < -0.39 is 0 Å². The Morgan fingerprint density at radius 3 is 2.86 bits per heavy atom. The van der Waals surface area contributed by atoms with Gasteiger partial charge in [0.2, 0.25) is 0 Å². The van der Waals surface area contributed by atoms with E-state index in [1.54, 1.807) is 0 Å². The number of nitrogens with one attached hydrogen (secondary N) is 1. The van der Waals surface area contributed by atoms with E-state index in [0.29, 0.717) is 6.04 Å². The third-order valence-electron chi connectivity index (χ3n) is 2.74. The Balaban J connectivity index is 2.67. The zero-order valence-electron chi connectivity index (χ0n) is 8.79. The molecule has 1 aromatic heterocycles. The molecule has 1 atom stereocenters. The van der Waals surface area contributed by atoms with Gasteiger partial charge in [0.15, 0.2) is 0 Å². The molecule has 0 spiro atoms. The molecule has 0 fully saturated rings. The van der Waals surface area contributed by atoms with Gasteiger partial charge in [0.05, 0.1) is 6.26 Å². The molecule has 2 rings (SSSR count). The van der Waals surface area contributed by atoms with Crippen molar-refractivity contribution in [3.63, 3.8) is 0 Å². The van der Waals surface area contributed by atoms with Gasteiger partial charge in [-0.05, 0) is 32.5 Å². The molecule has 14 heavy (non-hydrogen) atoms. The minimum Gasteiger partial charge on any atom is -0.464 e. The molecule has 0 aliphatic carbocycles. The summed E-state index contributed by atoms with van der Waals surface area (Å²) in [6.07, 6.45) is 1.85. The van der Waals surface area contributed by atoms with Crippen LogP contribution in [0.25, 0.3) is 11.0 Å². The van der Waals surface area contributed by atoms with Crippen LogP contribution in [0.15, 0.2) is 28.9 Å². The second-order valence-electron chi connectivity index (χ2n) is 3.65. The molecule has 0 bridgehead atoms. The summed E-state index contributed by atoms with van der Waals surface area (Å²) in [4.78, 5) is 0. The van der Waals surface area contributed by atoms with E-state index in [4.69, 9.17) is 4.42 Å². The summed E-state index contributed by atoms with van der Waals surface area (Å²) in [6, 6.07) is 6.48. The molecule has 0 aliphatic heterocycles. The number of rotatable bonds is 2. The van der Waals surface area contributed by atoms with Gasteiger partial charge in [0, 0.05) is 17.0 Å². The first kappa shape index (κ1) is 9.28. The lowest BCUT2D eigenvalue weighted by Crippen LogP contribution is -2.11. The molecule has 0 aliphatic rings. The fourth-order valence-electron chi connectivity index (χ4n) is 1.77. The Morgan fingerprint density at radius 2 is 2.14 bits per heavy atom. The van der Waals surface area contributed by atoms with Gasteiger partial charge >= 0.3 is 0 Å². The Hall–Kier alpha value is -1.28. The van der Waals surface area contributed by atoms with Crippen LogP contribution in [0.3, 0.4) is 0 Å². The van der Waals surface area contributed by atoms with Crippen molar-refractivity contribution >= 4 is 11.0 Å². The summed E-state index contributed by atoms with van der Waals surface area (Å²) >= 11 is 0. The number of hydrogen-bond donors (Lipinski definition) is 1. The molecule has 1 N–H and O–H groups in total. The summed E-state index contributed by atoms with van der Waals surface area (Å²) in [5, 5.41) is 4.47. The molecule has 0 radical (unpaired) electrons. The van der Waals surface area contributed by atoms with Crippen molar-refractivity contribution in [2.24, 2.45) is 0 Å². The van der Waals surface area contributed by atoms with E-state index in [1.807, 2.05) is 25.4 Å². The predicted octanol–water partition coefficient (Wildman–Crippen LogP) is 3.02. The monoisotopic (exact) mass is 189 g/mol. The lowest BCUT2D eigenvalue weighted by atomic mass is 10.0. The predicted molar refractivity (Wildman–Crippen MR) is 58.4 cm³/mol. The normalized spacial score (nSPS) is 13.4. The standard InChI is InChI=1S/C12H15NO/c1-8-5-4-6-11-12(8)10(7-14-11)9(2)13-3/h4-7,9,13H,1-3H3. The van der Waals surface area contributed by atoms with Crippen molar-refractivity contribution in [3.8, 4) is 0 Å². The van der Waals surface area contributed by atoms with Crippen LogP contribution in [0, 0.1) is 6.92 Å². The van der Waals surface area contributed by atoms with Gasteiger partial charge < -0.3 is 9.73 Å². The first-order valence-corrected chi connectivity index (χ1v) is 4.88. The second kappa shape index (κ2) is 3.46. The average Bonchev–Trinajstić information content (AvgIpc) is 2.62. The van der Waals surface area contributed by atoms with Gasteiger partial charge in [-0.25, -0.2) is 0 Å². The Labute approximate surface area is 83.9 Å². The highest BCUT2D eigenvalue weighted by Gasteiger charge is 2.12. The molecule has 1 heterocycles. The SMILES string of the molecule is CNC(C)c1coc2cccc(C)c12. The van der Waals surface area contributed by atoms with Crippen molar-refractivity contribution in [1.82, 2.24) is 5.32 Å². The molecule has 2 aromatic rings. The largest absolute Gasteiger partial charge is 0.464 e. The zero-order valence-corrected chi connectivity index (χ0v) is 8.79. The molecule has 1 unspecified atom stereocenters. The van der Waals surface area contributed by atoms with Gasteiger partial charge in [0.25, 0.3) is 0 Å². The number of fused-ring (bicyclic) bond motifs is 1. The van der Waals surface area contributed by atoms with E-state index in [-0.39, 0.29) is 0 Å². The van der Waals surface area contributed by atoms with Crippen molar-refractivity contribution in [1.29, 1.82) is 0 Å². The fourth-order valence-corrected chi connectivity index (χ4v) is 1.77. The molecule has 2 nitrogen and oxygen atoms in total. The van der Waals surface area contributed by atoms with E-state index in [1.165, 1.54) is 16.5 Å². The summed E-state index contributed by atoms with van der Waals surface area (Å²) in [7, 11) is 1.96. The van der Waals surface area contributed by atoms with Crippen LogP contribution in [0.2, 0.25) is 0 Å². The number of benzene rings is 1. The van der Waals surface area contributed by atoms with Crippen molar-refractivity contribution in [2.45, 2.75) is 19.9 Å². The smallest absolute Gasteiger partial charge is 0.134 e. The summed E-state index contributed by atoms with van der Waals surface area (Å²) in [6.45, 7) is 4.25. The van der Waals surface area contributed by atoms with Gasteiger partial charge in [-0.3, -0.25) is 0 Å². The Morgan fingerprint density at radius 1 is 1.36 bits per heavy atom. The van der Waals surface area contributed by atoms with E-state index >= 15 is 0 Å². The molecule has 0 saturated carbocycles. The first-order chi connectivity index (χ1) is 6.74. The Kier molecular flexibility index (Phi) is 2.30. The minimum absolute atomic E-state index is 0.331. The molecule has 1 aromatic carbocycles. The topological polar surface area (TPSA) is 25.2 Å². The summed E-state index contributed by atoms with van der Waals surface area (Å²) in [5.74, 6) is 0. The number of hydrogen-bond acceptors (Lipinski definition) is 2. The lowest BCUT2D eigenvalue weighted by Gasteiger charge is -2.08. The maximum Gasteiger partial charge on any atom is 0.134 e. The average molecular weight is 189 g/mol. The Bertz CT molecular complexity index is 445. The highest BCUT2D eigenvalue weighted by Crippen LogP contribution is 2.28. The molecule has 0 saturated heterocycles. The fraction of sp³-hybridized carbons (Fsp3) is 0.333. The van der Waals surface area contributed by atoms with Crippen LogP contribution in [0.4, 0.5) is 0 Å². The van der Waals surface area contributed by atoms with Crippen LogP contribution >= 0.6 is 0 Å². The lowest BCUT2D eigenvalue weighted by molar-refractivity contribution is 0.588. The van der Waals surface area contributed by atoms with Crippen molar-refractivity contribution < 1.29 is 4.42 Å². The van der Waals surface area contributed by atoms with Crippen LogP contribution in [0.1, 0.15) is 24.1 Å². The minimum atomic E-state index is 0.331. The maximum atomic E-state index is 5.51. The quantitative estimate of drug-likeness (QED) is 0.785. The third-order valence-corrected chi connectivity index (χ3v) is 2.74. The summed E-state index contributed by atoms with van der Waals surface area (Å²) in [5.41, 5.74) is 3.48. The van der Waals surface area contributed by atoms with Gasteiger partial charge in [0.1, 0.15) is 5.58 Å². The number of aryl methyl sites for hydroxylation is 1. The molecule has 74 valence electrons. The zero-order chi connectivity index (χ0) is 10.1. The molecule has 2 heteroatoms. The first-order valence-electron chi connectivity index (χ1n) is 4.88. The van der Waals surface area contributed by atoms with Crippen LogP contribution in [-0.4, -0.2) is 7.05 Å². The third kappa shape index (κ3) is 1.32. The number of furan rings is 1. The van der Waals surface area contributed by atoms with Crippen molar-refractivity contribution in [2.75, 3.05) is 7.05 Å². The molecular formula is C12H15NO. The van der Waals surface area contributed by atoms with Crippen LogP contribution in [0.5, 0.6) is 0 Å². The van der Waals surface area contributed by atoms with E-state index in [2.05, 4.69) is 25.2 Å². The van der Waals surface area contributed by atoms with Gasteiger partial charge in [-0.2, -0.15) is 0 Å². The van der Waals surface area contributed by atoms with E-state index in [0.717, 1.165) is 5.58 Å². The second-order valence-corrected chi connectivity index (χ2v) is 3.65. The van der Waals surface area contributed by atoms with Gasteiger partial charge in [-0.1, -0.05) is 12.1 Å². The van der Waals surface area contributed by atoms with Crippen LogP contribution in [-0.2, 0) is 0 Å². The molecule has 0 amide bonds. The van der Waals surface area contributed by atoms with Crippen LogP contribution < -0.4 is 5.32 Å². The highest BCUT2D eigenvalue weighted by atomic mass is 16.3. The maximum absolute atomic E-state index is 5.51. The van der Waals surface area contributed by atoms with Gasteiger partial charge in [-0.15, -0.1) is 0 Å². The van der Waals surface area contributed by atoms with E-state index in [9.17, 15) is 0 Å². The van der Waals surface area contributed by atoms with Crippen molar-refractivity contribution in [3.05, 3.63) is 35.6 Å².